The Labute approximate surface area is 225 Å². The molecule has 0 saturated carbocycles. The average Bonchev–Trinajstić information content (AvgIpc) is 3.51. The summed E-state index contributed by atoms with van der Waals surface area (Å²) in [5, 5.41) is 5.01. The van der Waals surface area contributed by atoms with Gasteiger partial charge in [-0.1, -0.05) is 23.7 Å². The molecular formula is C29H28ClN3O3S. The predicted molar refractivity (Wildman–Crippen MR) is 148 cm³/mol. The maximum absolute atomic E-state index is 14.2. The number of nitrogens with one attached hydrogen (secondary N) is 1. The number of methoxy groups -OCH3 is 2. The van der Waals surface area contributed by atoms with Gasteiger partial charge in [0.05, 0.1) is 38.2 Å². The van der Waals surface area contributed by atoms with Gasteiger partial charge >= 0.3 is 6.03 Å². The molecule has 1 atom stereocenters. The highest BCUT2D eigenvalue weighted by molar-refractivity contribution is 7.15. The van der Waals surface area contributed by atoms with Gasteiger partial charge in [-0.05, 0) is 73.2 Å². The molecule has 8 heteroatoms. The lowest BCUT2D eigenvalue weighted by atomic mass is 9.95. The SMILES string of the molecule is COc1ccc(OC)c(NC(=O)N2Cc3c(sc4c3CCCC4)-n3cccc3[C@@H]2c2ccc(Cl)cc2)c1. The van der Waals surface area contributed by atoms with Crippen molar-refractivity contribution in [1.82, 2.24) is 9.47 Å². The van der Waals surface area contributed by atoms with Crippen LogP contribution in [0, 0.1) is 0 Å². The minimum atomic E-state index is -0.303. The topological polar surface area (TPSA) is 55.7 Å². The number of rotatable bonds is 4. The van der Waals surface area contributed by atoms with E-state index in [9.17, 15) is 4.79 Å². The number of thiophene rings is 1. The molecule has 2 aliphatic rings. The Morgan fingerprint density at radius 2 is 1.84 bits per heavy atom. The fraction of sp³-hybridized carbons (Fsp3) is 0.276. The third kappa shape index (κ3) is 4.26. The molecule has 37 heavy (non-hydrogen) atoms. The lowest BCUT2D eigenvalue weighted by molar-refractivity contribution is 0.194. The first-order valence-electron chi connectivity index (χ1n) is 12.4. The van der Waals surface area contributed by atoms with Gasteiger partial charge in [0.2, 0.25) is 0 Å². The Morgan fingerprint density at radius 3 is 2.62 bits per heavy atom. The van der Waals surface area contributed by atoms with Gasteiger partial charge in [-0.3, -0.25) is 0 Å². The standard InChI is InChI=1S/C29H28ClN3O3S/c1-35-20-13-14-25(36-2)23(16-20)31-29(34)33-17-22-21-6-3-4-8-26(21)37-28(22)32-15-5-7-24(32)27(33)18-9-11-19(30)12-10-18/h5,7,9-16,27H,3-4,6,8,17H2,1-2H3,(H,31,34)/t27-/m0/s1. The fourth-order valence-electron chi connectivity index (χ4n) is 5.48. The van der Waals surface area contributed by atoms with Crippen LogP contribution in [0.1, 0.15) is 46.1 Å². The van der Waals surface area contributed by atoms with Crippen molar-refractivity contribution < 1.29 is 14.3 Å². The number of hydrogen-bond donors (Lipinski definition) is 1. The molecule has 190 valence electrons. The lowest BCUT2D eigenvalue weighted by Crippen LogP contribution is -2.38. The van der Waals surface area contributed by atoms with Crippen molar-refractivity contribution in [1.29, 1.82) is 0 Å². The first-order valence-corrected chi connectivity index (χ1v) is 13.6. The van der Waals surface area contributed by atoms with Crippen molar-refractivity contribution in [3.63, 3.8) is 0 Å². The maximum Gasteiger partial charge on any atom is 0.323 e. The second-order valence-corrected chi connectivity index (χ2v) is 10.9. The summed E-state index contributed by atoms with van der Waals surface area (Å²) in [6.07, 6.45) is 6.69. The highest BCUT2D eigenvalue weighted by Crippen LogP contribution is 2.44. The number of aromatic nitrogens is 1. The summed E-state index contributed by atoms with van der Waals surface area (Å²) in [6.45, 7) is 0.508. The summed E-state index contributed by atoms with van der Waals surface area (Å²) in [5.41, 5.74) is 5.28. The van der Waals surface area contributed by atoms with Gasteiger partial charge in [0.25, 0.3) is 0 Å². The van der Waals surface area contributed by atoms with Crippen molar-refractivity contribution in [3.05, 3.63) is 93.1 Å². The molecule has 1 aliphatic carbocycles. The van der Waals surface area contributed by atoms with Gasteiger partial charge in [0.1, 0.15) is 16.5 Å². The quantitative estimate of drug-likeness (QED) is 0.301. The minimum absolute atomic E-state index is 0.206. The van der Waals surface area contributed by atoms with Crippen molar-refractivity contribution >= 4 is 34.7 Å². The van der Waals surface area contributed by atoms with Crippen molar-refractivity contribution in [3.8, 4) is 16.5 Å². The van der Waals surface area contributed by atoms with Gasteiger partial charge in [-0.25, -0.2) is 4.79 Å². The fourth-order valence-corrected chi connectivity index (χ4v) is 7.01. The number of amides is 2. The number of nitrogens with zero attached hydrogens (tertiary/aromatic N) is 2. The van der Waals surface area contributed by atoms with E-state index in [0.29, 0.717) is 28.8 Å². The summed E-state index contributed by atoms with van der Waals surface area (Å²) in [5.74, 6) is 1.22. The molecule has 2 aromatic heterocycles. The molecule has 2 amide bonds. The number of urea groups is 1. The normalized spacial score (nSPS) is 16.3. The molecular weight excluding hydrogens is 506 g/mol. The number of carbonyl (C=O) groups is 1. The number of halogens is 1. The van der Waals surface area contributed by atoms with E-state index in [1.807, 2.05) is 46.6 Å². The van der Waals surface area contributed by atoms with Crippen LogP contribution in [-0.4, -0.2) is 29.7 Å². The zero-order chi connectivity index (χ0) is 25.5. The number of aryl methyl sites for hydroxylation is 1. The molecule has 2 aromatic carbocycles. The Hall–Kier alpha value is -3.42. The molecule has 1 N–H and O–H groups in total. The van der Waals surface area contributed by atoms with E-state index in [1.54, 1.807) is 26.4 Å². The van der Waals surface area contributed by atoms with Gasteiger partial charge < -0.3 is 24.3 Å². The van der Waals surface area contributed by atoms with E-state index >= 15 is 0 Å². The molecule has 3 heterocycles. The molecule has 0 saturated heterocycles. The highest BCUT2D eigenvalue weighted by Gasteiger charge is 2.36. The predicted octanol–water partition coefficient (Wildman–Crippen LogP) is 7.23. The number of hydrogen-bond acceptors (Lipinski definition) is 4. The van der Waals surface area contributed by atoms with Crippen LogP contribution in [-0.2, 0) is 19.4 Å². The molecule has 6 rings (SSSR count). The van der Waals surface area contributed by atoms with E-state index in [-0.39, 0.29) is 12.1 Å². The van der Waals surface area contributed by atoms with Crippen LogP contribution >= 0.6 is 22.9 Å². The Morgan fingerprint density at radius 1 is 1.03 bits per heavy atom. The highest BCUT2D eigenvalue weighted by atomic mass is 35.5. The van der Waals surface area contributed by atoms with Crippen molar-refractivity contribution in [2.75, 3.05) is 19.5 Å². The summed E-state index contributed by atoms with van der Waals surface area (Å²) in [7, 11) is 3.20. The van der Waals surface area contributed by atoms with E-state index < -0.39 is 0 Å². The average molecular weight is 534 g/mol. The summed E-state index contributed by atoms with van der Waals surface area (Å²) >= 11 is 8.12. The van der Waals surface area contributed by atoms with E-state index in [4.69, 9.17) is 21.1 Å². The van der Waals surface area contributed by atoms with Crippen molar-refractivity contribution in [2.45, 2.75) is 38.3 Å². The molecule has 4 aromatic rings. The number of ether oxygens (including phenoxy) is 2. The Bertz CT molecular complexity index is 1460. The third-order valence-electron chi connectivity index (χ3n) is 7.27. The summed E-state index contributed by atoms with van der Waals surface area (Å²) in [6, 6.07) is 16.8. The molecule has 0 radical (unpaired) electrons. The minimum Gasteiger partial charge on any atom is -0.497 e. The maximum atomic E-state index is 14.2. The van der Waals surface area contributed by atoms with Crippen LogP contribution in [0.25, 0.3) is 5.00 Å². The Kier molecular flexibility index (Phi) is 6.34. The second kappa shape index (κ2) is 9.80. The third-order valence-corrected chi connectivity index (χ3v) is 8.86. The van der Waals surface area contributed by atoms with E-state index in [0.717, 1.165) is 24.1 Å². The second-order valence-electron chi connectivity index (χ2n) is 9.38. The van der Waals surface area contributed by atoms with Gasteiger partial charge in [0, 0.05) is 27.7 Å². The monoisotopic (exact) mass is 533 g/mol. The zero-order valence-corrected chi connectivity index (χ0v) is 22.4. The van der Waals surface area contributed by atoms with Crippen LogP contribution in [0.4, 0.5) is 10.5 Å². The number of carbonyl (C=O) groups excluding carboxylic acids is 1. The molecule has 0 bridgehead atoms. The van der Waals surface area contributed by atoms with Crippen LogP contribution in [0.2, 0.25) is 5.02 Å². The van der Waals surface area contributed by atoms with Crippen LogP contribution < -0.4 is 14.8 Å². The Balaban J connectivity index is 1.48. The lowest BCUT2D eigenvalue weighted by Gasteiger charge is -2.31. The summed E-state index contributed by atoms with van der Waals surface area (Å²) < 4.78 is 13.2. The molecule has 0 fully saturated rings. The largest absolute Gasteiger partial charge is 0.497 e. The van der Waals surface area contributed by atoms with E-state index in [1.165, 1.54) is 33.8 Å². The van der Waals surface area contributed by atoms with Crippen LogP contribution in [0.5, 0.6) is 11.5 Å². The zero-order valence-electron chi connectivity index (χ0n) is 20.8. The van der Waals surface area contributed by atoms with Gasteiger partial charge in [0.15, 0.2) is 0 Å². The van der Waals surface area contributed by atoms with Crippen molar-refractivity contribution in [2.24, 2.45) is 0 Å². The van der Waals surface area contributed by atoms with Gasteiger partial charge in [-0.15, -0.1) is 11.3 Å². The first-order chi connectivity index (χ1) is 18.1. The van der Waals surface area contributed by atoms with Crippen LogP contribution in [0.15, 0.2) is 60.8 Å². The van der Waals surface area contributed by atoms with E-state index in [2.05, 4.69) is 28.2 Å². The molecule has 6 nitrogen and oxygen atoms in total. The number of benzene rings is 2. The molecule has 0 spiro atoms. The van der Waals surface area contributed by atoms with Gasteiger partial charge in [-0.2, -0.15) is 0 Å². The summed E-state index contributed by atoms with van der Waals surface area (Å²) in [4.78, 5) is 17.5. The first kappa shape index (κ1) is 23.9. The number of fused-ring (bicyclic) bond motifs is 5. The number of anilines is 1. The molecule has 1 aliphatic heterocycles. The van der Waals surface area contributed by atoms with Crippen LogP contribution in [0.3, 0.4) is 0 Å². The molecule has 0 unspecified atom stereocenters. The smallest absolute Gasteiger partial charge is 0.323 e.